The van der Waals surface area contributed by atoms with E-state index in [4.69, 9.17) is 10.5 Å². The lowest BCUT2D eigenvalue weighted by atomic mass is 10.1. The SMILES string of the molecule is Cc1ccc(CN)c(OCCc2ccccn2)c1. The second-order valence-corrected chi connectivity index (χ2v) is 4.23. The quantitative estimate of drug-likeness (QED) is 0.876. The summed E-state index contributed by atoms with van der Waals surface area (Å²) >= 11 is 0. The summed E-state index contributed by atoms with van der Waals surface area (Å²) in [6.07, 6.45) is 2.60. The zero-order valence-electron chi connectivity index (χ0n) is 10.6. The Morgan fingerprint density at radius 1 is 1.22 bits per heavy atom. The first kappa shape index (κ1) is 12.6. The summed E-state index contributed by atoms with van der Waals surface area (Å²) in [5.41, 5.74) is 8.96. The van der Waals surface area contributed by atoms with Crippen LogP contribution in [0.1, 0.15) is 16.8 Å². The van der Waals surface area contributed by atoms with Gasteiger partial charge in [-0.3, -0.25) is 4.98 Å². The molecule has 2 aromatic rings. The lowest BCUT2D eigenvalue weighted by molar-refractivity contribution is 0.317. The van der Waals surface area contributed by atoms with Crippen molar-refractivity contribution in [1.82, 2.24) is 4.98 Å². The number of benzene rings is 1. The Bertz CT molecular complexity index is 497. The maximum atomic E-state index is 5.79. The van der Waals surface area contributed by atoms with E-state index in [1.165, 1.54) is 5.56 Å². The van der Waals surface area contributed by atoms with Gasteiger partial charge in [0, 0.05) is 30.4 Å². The molecule has 3 nitrogen and oxygen atoms in total. The van der Waals surface area contributed by atoms with Gasteiger partial charge >= 0.3 is 0 Å². The van der Waals surface area contributed by atoms with Crippen molar-refractivity contribution >= 4 is 0 Å². The third-order valence-electron chi connectivity index (χ3n) is 2.78. The maximum Gasteiger partial charge on any atom is 0.124 e. The van der Waals surface area contributed by atoms with Crippen LogP contribution in [0.3, 0.4) is 0 Å². The minimum Gasteiger partial charge on any atom is -0.493 e. The zero-order valence-corrected chi connectivity index (χ0v) is 10.6. The molecule has 1 aromatic heterocycles. The topological polar surface area (TPSA) is 48.1 Å². The molecule has 3 heteroatoms. The van der Waals surface area contributed by atoms with Crippen LogP contribution < -0.4 is 10.5 Å². The highest BCUT2D eigenvalue weighted by atomic mass is 16.5. The number of nitrogens with two attached hydrogens (primary N) is 1. The molecule has 94 valence electrons. The molecule has 0 atom stereocenters. The van der Waals surface area contributed by atoms with Gasteiger partial charge in [0.15, 0.2) is 0 Å². The number of ether oxygens (including phenoxy) is 1. The molecule has 0 fully saturated rings. The van der Waals surface area contributed by atoms with E-state index in [-0.39, 0.29) is 0 Å². The van der Waals surface area contributed by atoms with Gasteiger partial charge in [0.05, 0.1) is 6.61 Å². The van der Waals surface area contributed by atoms with Gasteiger partial charge in [0.2, 0.25) is 0 Å². The van der Waals surface area contributed by atoms with E-state index in [1.54, 1.807) is 6.20 Å². The first-order valence-corrected chi connectivity index (χ1v) is 6.12. The molecule has 18 heavy (non-hydrogen) atoms. The Labute approximate surface area is 108 Å². The summed E-state index contributed by atoms with van der Waals surface area (Å²) < 4.78 is 5.79. The van der Waals surface area contributed by atoms with Gasteiger partial charge < -0.3 is 10.5 Å². The second-order valence-electron chi connectivity index (χ2n) is 4.23. The van der Waals surface area contributed by atoms with Crippen molar-refractivity contribution in [2.75, 3.05) is 6.61 Å². The van der Waals surface area contributed by atoms with E-state index in [2.05, 4.69) is 4.98 Å². The molecule has 0 spiro atoms. The fourth-order valence-electron chi connectivity index (χ4n) is 1.78. The van der Waals surface area contributed by atoms with Gasteiger partial charge in [-0.05, 0) is 30.7 Å². The predicted molar refractivity (Wildman–Crippen MR) is 72.5 cm³/mol. The second kappa shape index (κ2) is 6.17. The third kappa shape index (κ3) is 3.31. The number of rotatable bonds is 5. The van der Waals surface area contributed by atoms with Gasteiger partial charge in [-0.15, -0.1) is 0 Å². The number of hydrogen-bond acceptors (Lipinski definition) is 3. The number of aromatic nitrogens is 1. The number of pyridine rings is 1. The van der Waals surface area contributed by atoms with E-state index in [1.807, 2.05) is 43.3 Å². The van der Waals surface area contributed by atoms with Gasteiger partial charge in [-0.2, -0.15) is 0 Å². The average Bonchev–Trinajstić information content (AvgIpc) is 2.40. The minimum atomic E-state index is 0.499. The van der Waals surface area contributed by atoms with Crippen molar-refractivity contribution in [2.45, 2.75) is 19.9 Å². The monoisotopic (exact) mass is 242 g/mol. The summed E-state index contributed by atoms with van der Waals surface area (Å²) in [4.78, 5) is 4.27. The average molecular weight is 242 g/mol. The molecule has 2 rings (SSSR count). The highest BCUT2D eigenvalue weighted by molar-refractivity contribution is 5.37. The summed E-state index contributed by atoms with van der Waals surface area (Å²) in [5.74, 6) is 0.883. The summed E-state index contributed by atoms with van der Waals surface area (Å²) in [7, 11) is 0. The van der Waals surface area contributed by atoms with E-state index < -0.39 is 0 Å². The van der Waals surface area contributed by atoms with Crippen molar-refractivity contribution in [1.29, 1.82) is 0 Å². The fourth-order valence-corrected chi connectivity index (χ4v) is 1.78. The van der Waals surface area contributed by atoms with Crippen LogP contribution in [-0.2, 0) is 13.0 Å². The van der Waals surface area contributed by atoms with Crippen molar-refractivity contribution < 1.29 is 4.74 Å². The van der Waals surface area contributed by atoms with Crippen LogP contribution in [0, 0.1) is 6.92 Å². The van der Waals surface area contributed by atoms with Crippen LogP contribution in [-0.4, -0.2) is 11.6 Å². The normalized spacial score (nSPS) is 10.3. The Hall–Kier alpha value is -1.87. The molecular weight excluding hydrogens is 224 g/mol. The van der Waals surface area contributed by atoms with Crippen molar-refractivity contribution in [3.05, 3.63) is 59.4 Å². The van der Waals surface area contributed by atoms with E-state index in [9.17, 15) is 0 Å². The molecule has 0 aliphatic carbocycles. The van der Waals surface area contributed by atoms with Crippen LogP contribution in [0.2, 0.25) is 0 Å². The van der Waals surface area contributed by atoms with E-state index in [0.29, 0.717) is 13.2 Å². The third-order valence-corrected chi connectivity index (χ3v) is 2.78. The first-order valence-electron chi connectivity index (χ1n) is 6.12. The van der Waals surface area contributed by atoms with Crippen LogP contribution in [0.25, 0.3) is 0 Å². The molecule has 0 aliphatic heterocycles. The van der Waals surface area contributed by atoms with Crippen LogP contribution in [0.4, 0.5) is 0 Å². The standard InChI is InChI=1S/C15H18N2O/c1-12-5-6-13(11-16)15(10-12)18-9-7-14-4-2-3-8-17-14/h2-6,8,10H,7,9,11,16H2,1H3. The molecule has 0 aliphatic rings. The van der Waals surface area contributed by atoms with E-state index >= 15 is 0 Å². The predicted octanol–water partition coefficient (Wildman–Crippen LogP) is 2.47. The molecular formula is C15H18N2O. The van der Waals surface area contributed by atoms with Crippen LogP contribution in [0.5, 0.6) is 5.75 Å². The smallest absolute Gasteiger partial charge is 0.124 e. The summed E-state index contributed by atoms with van der Waals surface area (Å²) in [6.45, 7) is 3.17. The lowest BCUT2D eigenvalue weighted by Gasteiger charge is -2.11. The maximum absolute atomic E-state index is 5.79. The number of aryl methyl sites for hydroxylation is 1. The van der Waals surface area contributed by atoms with E-state index in [0.717, 1.165) is 23.4 Å². The Morgan fingerprint density at radius 2 is 2.11 bits per heavy atom. The van der Waals surface area contributed by atoms with Crippen molar-refractivity contribution in [3.8, 4) is 5.75 Å². The molecule has 2 N–H and O–H groups in total. The highest BCUT2D eigenvalue weighted by Crippen LogP contribution is 2.19. The Balaban J connectivity index is 1.96. The molecule has 0 saturated heterocycles. The number of hydrogen-bond donors (Lipinski definition) is 1. The Kier molecular flexibility index (Phi) is 4.31. The lowest BCUT2D eigenvalue weighted by Crippen LogP contribution is -2.06. The summed E-state index contributed by atoms with van der Waals surface area (Å²) in [6, 6.07) is 12.0. The molecule has 0 radical (unpaired) electrons. The van der Waals surface area contributed by atoms with Gasteiger partial charge in [-0.1, -0.05) is 18.2 Å². The number of nitrogens with zero attached hydrogens (tertiary/aromatic N) is 1. The molecule has 0 saturated carbocycles. The largest absolute Gasteiger partial charge is 0.493 e. The Morgan fingerprint density at radius 3 is 2.83 bits per heavy atom. The van der Waals surface area contributed by atoms with Crippen LogP contribution in [0.15, 0.2) is 42.6 Å². The fraction of sp³-hybridized carbons (Fsp3) is 0.267. The van der Waals surface area contributed by atoms with Gasteiger partial charge in [-0.25, -0.2) is 0 Å². The molecule has 1 heterocycles. The molecule has 1 aromatic carbocycles. The van der Waals surface area contributed by atoms with Crippen LogP contribution >= 0.6 is 0 Å². The minimum absolute atomic E-state index is 0.499. The van der Waals surface area contributed by atoms with Gasteiger partial charge in [0.25, 0.3) is 0 Å². The zero-order chi connectivity index (χ0) is 12.8. The molecule has 0 unspecified atom stereocenters. The van der Waals surface area contributed by atoms with Crippen molar-refractivity contribution in [2.24, 2.45) is 5.73 Å². The molecule has 0 bridgehead atoms. The summed E-state index contributed by atoms with van der Waals surface area (Å²) in [5, 5.41) is 0. The van der Waals surface area contributed by atoms with Gasteiger partial charge in [0.1, 0.15) is 5.75 Å². The van der Waals surface area contributed by atoms with Crippen molar-refractivity contribution in [3.63, 3.8) is 0 Å². The first-order chi connectivity index (χ1) is 8.79. The highest BCUT2D eigenvalue weighted by Gasteiger charge is 2.03. The molecule has 0 amide bonds.